The quantitative estimate of drug-likeness (QED) is 0.135. The number of hydrogen-bond donors (Lipinski definition) is 0. The van der Waals surface area contributed by atoms with E-state index in [0.29, 0.717) is 41.8 Å². The first-order valence-electron chi connectivity index (χ1n) is 17.4. The molecule has 0 N–H and O–H groups in total. The van der Waals surface area contributed by atoms with Gasteiger partial charge in [0.2, 0.25) is 0 Å². The second kappa shape index (κ2) is 14.9. The lowest BCUT2D eigenvalue weighted by molar-refractivity contribution is -0.130. The van der Waals surface area contributed by atoms with Gasteiger partial charge in [-0.25, -0.2) is 0 Å². The fourth-order valence-electron chi connectivity index (χ4n) is 9.34. The zero-order valence-electron chi connectivity index (χ0n) is 28.4. The highest BCUT2D eigenvalue weighted by Gasteiger charge is 2.54. The Morgan fingerprint density at radius 1 is 1.00 bits per heavy atom. The Morgan fingerprint density at radius 3 is 2.26 bits per heavy atom. The molecule has 0 aromatic heterocycles. The second-order valence-corrected chi connectivity index (χ2v) is 16.6. The van der Waals surface area contributed by atoms with Crippen molar-refractivity contribution >= 4 is 11.6 Å². The summed E-state index contributed by atoms with van der Waals surface area (Å²) in [6.45, 7) is 31.0. The van der Waals surface area contributed by atoms with Gasteiger partial charge in [-0.05, 0) is 111 Å². The summed E-state index contributed by atoms with van der Waals surface area (Å²) in [7, 11) is 0. The summed E-state index contributed by atoms with van der Waals surface area (Å²) in [5, 5.41) is 0. The van der Waals surface area contributed by atoms with E-state index in [1.165, 1.54) is 44.1 Å². The Kier molecular flexibility index (Phi) is 12.3. The first kappa shape index (κ1) is 34.8. The van der Waals surface area contributed by atoms with E-state index in [0.717, 1.165) is 56.1 Å². The first-order valence-corrected chi connectivity index (χ1v) is 17.4. The van der Waals surface area contributed by atoms with Gasteiger partial charge in [-0.1, -0.05) is 104 Å². The number of ketones is 2. The molecule has 6 atom stereocenters. The number of allylic oxidation sites excluding steroid dienone is 4. The Morgan fingerprint density at radius 2 is 1.67 bits per heavy atom. The Labute approximate surface area is 260 Å². The molecule has 0 amide bonds. The molecular formula is C40H64O2. The van der Waals surface area contributed by atoms with Gasteiger partial charge < -0.3 is 0 Å². The van der Waals surface area contributed by atoms with Crippen molar-refractivity contribution in [3.05, 3.63) is 49.1 Å². The highest BCUT2D eigenvalue weighted by Crippen LogP contribution is 2.60. The van der Waals surface area contributed by atoms with Crippen LogP contribution < -0.4 is 0 Å². The van der Waals surface area contributed by atoms with Gasteiger partial charge in [-0.3, -0.25) is 9.59 Å². The molecule has 3 fully saturated rings. The number of carbonyl (C=O) groups excluding carboxylic acids is 2. The zero-order valence-corrected chi connectivity index (χ0v) is 28.4. The van der Waals surface area contributed by atoms with Crippen LogP contribution in [0.3, 0.4) is 0 Å². The minimum absolute atomic E-state index is 0.0410. The molecule has 0 saturated heterocycles. The van der Waals surface area contributed by atoms with E-state index in [2.05, 4.69) is 61.3 Å². The van der Waals surface area contributed by atoms with Gasteiger partial charge in [0.1, 0.15) is 5.78 Å². The maximum Gasteiger partial charge on any atom is 0.161 e. The molecule has 3 aliphatic rings. The molecule has 0 bridgehead atoms. The minimum Gasteiger partial charge on any atom is -0.299 e. The molecule has 0 spiro atoms. The second-order valence-electron chi connectivity index (χ2n) is 16.6. The largest absolute Gasteiger partial charge is 0.299 e. The van der Waals surface area contributed by atoms with Crippen molar-refractivity contribution < 1.29 is 9.59 Å². The molecule has 3 aliphatic carbocycles. The summed E-state index contributed by atoms with van der Waals surface area (Å²) in [6.07, 6.45) is 17.2. The molecule has 0 aromatic carbocycles. The molecule has 3 rings (SSSR count). The lowest BCUT2D eigenvalue weighted by Gasteiger charge is -2.36. The average Bonchev–Trinajstić information content (AvgIpc) is 3.40. The van der Waals surface area contributed by atoms with Crippen LogP contribution in [-0.4, -0.2) is 11.6 Å². The van der Waals surface area contributed by atoms with E-state index in [4.69, 9.17) is 6.58 Å². The maximum atomic E-state index is 14.9. The van der Waals surface area contributed by atoms with Crippen molar-refractivity contribution in [3.63, 3.8) is 0 Å². The van der Waals surface area contributed by atoms with Crippen LogP contribution in [0.25, 0.3) is 0 Å². The molecular weight excluding hydrogens is 512 g/mol. The molecule has 0 radical (unpaired) electrons. The summed E-state index contributed by atoms with van der Waals surface area (Å²) in [6, 6.07) is 0. The molecule has 0 aromatic rings. The Balaban J connectivity index is 1.89. The van der Waals surface area contributed by atoms with Crippen LogP contribution in [0.5, 0.6) is 0 Å². The van der Waals surface area contributed by atoms with Gasteiger partial charge in [0, 0.05) is 17.8 Å². The third-order valence-electron chi connectivity index (χ3n) is 10.9. The molecule has 42 heavy (non-hydrogen) atoms. The van der Waals surface area contributed by atoms with Gasteiger partial charge in [-0.2, -0.15) is 0 Å². The third-order valence-corrected chi connectivity index (χ3v) is 10.9. The van der Waals surface area contributed by atoms with E-state index in [-0.39, 0.29) is 34.9 Å². The van der Waals surface area contributed by atoms with E-state index in [1.54, 1.807) is 0 Å². The van der Waals surface area contributed by atoms with Crippen LogP contribution in [0.15, 0.2) is 49.1 Å². The van der Waals surface area contributed by atoms with Gasteiger partial charge in [0.25, 0.3) is 0 Å². The minimum atomic E-state index is -0.0789. The summed E-state index contributed by atoms with van der Waals surface area (Å²) in [5.74, 6) is 2.52. The van der Waals surface area contributed by atoms with Crippen molar-refractivity contribution in [1.82, 2.24) is 0 Å². The van der Waals surface area contributed by atoms with E-state index in [9.17, 15) is 9.59 Å². The molecule has 0 heterocycles. The van der Waals surface area contributed by atoms with E-state index in [1.807, 2.05) is 6.08 Å². The third kappa shape index (κ3) is 9.15. The van der Waals surface area contributed by atoms with Gasteiger partial charge >= 0.3 is 0 Å². The fraction of sp³-hybridized carbons (Fsp3) is 0.750. The monoisotopic (exact) mass is 576 g/mol. The molecule has 3 saturated carbocycles. The van der Waals surface area contributed by atoms with Crippen LogP contribution in [0.2, 0.25) is 0 Å². The van der Waals surface area contributed by atoms with Gasteiger partial charge in [0.15, 0.2) is 5.78 Å². The van der Waals surface area contributed by atoms with E-state index >= 15 is 0 Å². The van der Waals surface area contributed by atoms with Gasteiger partial charge in [-0.15, -0.1) is 6.58 Å². The van der Waals surface area contributed by atoms with Crippen molar-refractivity contribution in [1.29, 1.82) is 0 Å². The van der Waals surface area contributed by atoms with Crippen LogP contribution in [0.1, 0.15) is 138 Å². The lowest BCUT2D eigenvalue weighted by Crippen LogP contribution is -2.35. The fourth-order valence-corrected chi connectivity index (χ4v) is 9.34. The zero-order chi connectivity index (χ0) is 31.2. The van der Waals surface area contributed by atoms with Gasteiger partial charge in [0.05, 0.1) is 0 Å². The predicted octanol–water partition coefficient (Wildman–Crippen LogP) is 11.3. The number of Topliss-reactive ketones (excluding diaryl/α,β-unsaturated/α-hetero) is 2. The summed E-state index contributed by atoms with van der Waals surface area (Å²) >= 11 is 0. The highest BCUT2D eigenvalue weighted by atomic mass is 16.1. The predicted molar refractivity (Wildman–Crippen MR) is 180 cm³/mol. The number of fused-ring (bicyclic) bond motifs is 1. The van der Waals surface area contributed by atoms with Crippen molar-refractivity contribution in [2.75, 3.05) is 0 Å². The summed E-state index contributed by atoms with van der Waals surface area (Å²) in [4.78, 5) is 28.4. The van der Waals surface area contributed by atoms with Crippen LogP contribution in [0, 0.1) is 52.3 Å². The van der Waals surface area contributed by atoms with Crippen LogP contribution >= 0.6 is 0 Å². The standard InChI is InChI=1S/C40H64O2/c1-11-13-18-28(4)37(41)31(17-12-2)22-29(5)36-34(23-32-25-40(9,10)26-35(32)36)38(42)33(30-19-15-14-16-20-30)21-27(3)24-39(6,7)8/h11,30-36H,1,3-5,12-26H2,2,6-10H3. The first-order chi connectivity index (χ1) is 19.7. The molecule has 2 nitrogen and oxygen atoms in total. The summed E-state index contributed by atoms with van der Waals surface area (Å²) in [5.41, 5.74) is 3.62. The lowest BCUT2D eigenvalue weighted by atomic mass is 9.68. The smallest absolute Gasteiger partial charge is 0.161 e. The topological polar surface area (TPSA) is 34.1 Å². The van der Waals surface area contributed by atoms with Crippen molar-refractivity contribution in [2.24, 2.45) is 52.3 Å². The van der Waals surface area contributed by atoms with Crippen LogP contribution in [0.4, 0.5) is 0 Å². The van der Waals surface area contributed by atoms with Crippen molar-refractivity contribution in [3.8, 4) is 0 Å². The van der Waals surface area contributed by atoms with Crippen molar-refractivity contribution in [2.45, 2.75) is 138 Å². The highest BCUT2D eigenvalue weighted by molar-refractivity contribution is 5.96. The van der Waals surface area contributed by atoms with E-state index < -0.39 is 0 Å². The number of carbonyl (C=O) groups is 2. The molecule has 0 aliphatic heterocycles. The molecule has 6 unspecified atom stereocenters. The normalized spacial score (nSPS) is 27.2. The average molecular weight is 577 g/mol. The summed E-state index contributed by atoms with van der Waals surface area (Å²) < 4.78 is 0. The number of hydrogen-bond acceptors (Lipinski definition) is 2. The number of rotatable bonds is 16. The Hall–Kier alpha value is -1.70. The maximum absolute atomic E-state index is 14.9. The molecule has 236 valence electrons. The SMILES string of the molecule is C=CCCC(=C)C(=O)C(CCC)CC(=C)C1C(C(=O)C(CC(=C)CC(C)(C)C)C2CCCCC2)CC2CC(C)(C)CC21. The Bertz CT molecular complexity index is 997. The molecule has 2 heteroatoms. The van der Waals surface area contributed by atoms with Crippen LogP contribution in [-0.2, 0) is 9.59 Å².